The van der Waals surface area contributed by atoms with E-state index in [0.29, 0.717) is 76.5 Å². The molecule has 2 aromatic heterocycles. The van der Waals surface area contributed by atoms with Gasteiger partial charge in [-0.25, -0.2) is 19.3 Å². The number of carbonyl (C=O) groups excluding carboxylic acids is 1. The van der Waals surface area contributed by atoms with Gasteiger partial charge in [-0.1, -0.05) is 6.07 Å². The van der Waals surface area contributed by atoms with Gasteiger partial charge in [0.2, 0.25) is 0 Å². The Kier molecular flexibility index (Phi) is 4.75. The third kappa shape index (κ3) is 3.37. The summed E-state index contributed by atoms with van der Waals surface area (Å²) in [6.45, 7) is 1.37. The number of halogens is 1. The van der Waals surface area contributed by atoms with Gasteiger partial charge in [0.25, 0.3) is 5.91 Å². The first kappa shape index (κ1) is 19.4. The molecule has 1 amide bonds. The quantitative estimate of drug-likeness (QED) is 0.630. The topological polar surface area (TPSA) is 112 Å². The lowest BCUT2D eigenvalue weighted by Gasteiger charge is -2.27. The summed E-state index contributed by atoms with van der Waals surface area (Å²) in [6.07, 6.45) is 3.46. The maximum Gasteiger partial charge on any atom is 0.270 e. The van der Waals surface area contributed by atoms with Crippen molar-refractivity contribution in [2.45, 2.75) is 19.0 Å². The molecular formula is C21H18FN7OS. The zero-order valence-corrected chi connectivity index (χ0v) is 17.3. The highest BCUT2D eigenvalue weighted by molar-refractivity contribution is 7.17. The highest BCUT2D eigenvalue weighted by Gasteiger charge is 2.31. The van der Waals surface area contributed by atoms with E-state index in [4.69, 9.17) is 5.73 Å². The van der Waals surface area contributed by atoms with Gasteiger partial charge >= 0.3 is 0 Å². The molecule has 31 heavy (non-hydrogen) atoms. The number of benzene rings is 1. The number of rotatable bonds is 3. The summed E-state index contributed by atoms with van der Waals surface area (Å²) in [5, 5.41) is 10.1. The Bertz CT molecular complexity index is 1200. The van der Waals surface area contributed by atoms with Crippen LogP contribution in [0.15, 0.2) is 30.6 Å². The van der Waals surface area contributed by atoms with Crippen LogP contribution in [-0.2, 0) is 6.42 Å². The average molecular weight is 435 g/mol. The number of nitrogens with two attached hydrogens (primary N) is 1. The van der Waals surface area contributed by atoms with E-state index < -0.39 is 6.17 Å². The molecule has 2 aliphatic heterocycles. The molecule has 1 fully saturated rings. The summed E-state index contributed by atoms with van der Waals surface area (Å²) in [5.74, 6) is 0.431. The van der Waals surface area contributed by atoms with Crippen LogP contribution in [0.3, 0.4) is 0 Å². The third-order valence-corrected chi connectivity index (χ3v) is 6.61. The summed E-state index contributed by atoms with van der Waals surface area (Å²) in [5.41, 5.74) is 8.35. The van der Waals surface area contributed by atoms with Crippen molar-refractivity contribution in [2.75, 3.05) is 35.2 Å². The van der Waals surface area contributed by atoms with Crippen LogP contribution in [-0.4, -0.2) is 46.7 Å². The lowest BCUT2D eigenvalue weighted by molar-refractivity contribution is 0.0984. The predicted molar refractivity (Wildman–Crippen MR) is 116 cm³/mol. The van der Waals surface area contributed by atoms with Crippen molar-refractivity contribution in [3.8, 4) is 16.8 Å². The van der Waals surface area contributed by atoms with Gasteiger partial charge in [0.1, 0.15) is 33.6 Å². The molecule has 10 heteroatoms. The number of thiazole rings is 1. The van der Waals surface area contributed by atoms with Gasteiger partial charge in [-0.3, -0.25) is 4.79 Å². The number of anilines is 3. The van der Waals surface area contributed by atoms with Gasteiger partial charge in [0.15, 0.2) is 0 Å². The fourth-order valence-corrected chi connectivity index (χ4v) is 4.92. The molecule has 5 rings (SSSR count). The van der Waals surface area contributed by atoms with E-state index in [1.54, 1.807) is 35.5 Å². The summed E-state index contributed by atoms with van der Waals surface area (Å²) >= 11 is 1.26. The van der Waals surface area contributed by atoms with E-state index in [1.807, 2.05) is 4.90 Å². The highest BCUT2D eigenvalue weighted by Crippen LogP contribution is 2.34. The van der Waals surface area contributed by atoms with Crippen LogP contribution < -0.4 is 15.5 Å². The fourth-order valence-electron chi connectivity index (χ4n) is 3.89. The van der Waals surface area contributed by atoms with E-state index in [-0.39, 0.29) is 5.91 Å². The maximum absolute atomic E-state index is 13.4. The third-order valence-electron chi connectivity index (χ3n) is 5.50. The van der Waals surface area contributed by atoms with Crippen LogP contribution in [0.25, 0.3) is 10.7 Å². The number of nitriles is 1. The Morgan fingerprint density at radius 2 is 2.13 bits per heavy atom. The molecule has 8 nitrogen and oxygen atoms in total. The average Bonchev–Trinajstić information content (AvgIpc) is 3.41. The molecule has 0 bridgehead atoms. The highest BCUT2D eigenvalue weighted by atomic mass is 32.1. The van der Waals surface area contributed by atoms with E-state index >= 15 is 0 Å². The van der Waals surface area contributed by atoms with Crippen molar-refractivity contribution in [1.82, 2.24) is 15.0 Å². The summed E-state index contributed by atoms with van der Waals surface area (Å²) in [7, 11) is 0. The van der Waals surface area contributed by atoms with Gasteiger partial charge in [-0.15, -0.1) is 11.3 Å². The van der Waals surface area contributed by atoms with Crippen LogP contribution in [0.5, 0.6) is 0 Å². The molecule has 0 aliphatic carbocycles. The molecule has 3 aromatic rings. The first-order chi connectivity index (χ1) is 15.0. The minimum absolute atomic E-state index is 0.206. The molecule has 0 unspecified atom stereocenters. The monoisotopic (exact) mass is 435 g/mol. The molecular weight excluding hydrogens is 417 g/mol. The number of hydrogen-bond donors (Lipinski definition) is 1. The number of amides is 1. The number of fused-ring (bicyclic) bond motifs is 1. The van der Waals surface area contributed by atoms with E-state index in [2.05, 4.69) is 21.0 Å². The molecule has 4 heterocycles. The van der Waals surface area contributed by atoms with Crippen molar-refractivity contribution in [1.29, 1.82) is 5.26 Å². The zero-order chi connectivity index (χ0) is 21.5. The van der Waals surface area contributed by atoms with Gasteiger partial charge in [-0.05, 0) is 18.6 Å². The van der Waals surface area contributed by atoms with Crippen LogP contribution in [0.4, 0.5) is 21.6 Å². The molecule has 2 aliphatic rings. The maximum atomic E-state index is 13.4. The Balaban J connectivity index is 1.42. The van der Waals surface area contributed by atoms with Crippen molar-refractivity contribution < 1.29 is 9.18 Å². The van der Waals surface area contributed by atoms with Gasteiger partial charge in [0.05, 0.1) is 41.6 Å². The predicted octanol–water partition coefficient (Wildman–Crippen LogP) is 2.81. The second kappa shape index (κ2) is 7.59. The number of hydrogen-bond acceptors (Lipinski definition) is 8. The number of nitrogens with zero attached hydrogens (tertiary/aromatic N) is 6. The fraction of sp³-hybridized carbons (Fsp3) is 0.286. The lowest BCUT2D eigenvalue weighted by atomic mass is 10.1. The largest absolute Gasteiger partial charge is 0.398 e. The molecule has 1 atom stereocenters. The number of aromatic nitrogens is 3. The summed E-state index contributed by atoms with van der Waals surface area (Å²) < 4.78 is 13.4. The van der Waals surface area contributed by atoms with E-state index in [1.165, 1.54) is 11.3 Å². The second-order valence-electron chi connectivity index (χ2n) is 7.45. The number of carbonyl (C=O) groups is 1. The first-order valence-electron chi connectivity index (χ1n) is 9.86. The second-order valence-corrected chi connectivity index (χ2v) is 8.45. The minimum Gasteiger partial charge on any atom is -0.398 e. The first-order valence-corrected chi connectivity index (χ1v) is 10.7. The molecule has 1 saturated heterocycles. The Labute approximate surface area is 181 Å². The molecule has 0 spiro atoms. The van der Waals surface area contributed by atoms with Crippen molar-refractivity contribution in [3.05, 3.63) is 46.7 Å². The Morgan fingerprint density at radius 1 is 1.26 bits per heavy atom. The van der Waals surface area contributed by atoms with E-state index in [0.717, 1.165) is 0 Å². The summed E-state index contributed by atoms with van der Waals surface area (Å²) in [6, 6.07) is 7.19. The zero-order valence-electron chi connectivity index (χ0n) is 16.5. The van der Waals surface area contributed by atoms with Crippen LogP contribution in [0.2, 0.25) is 0 Å². The lowest BCUT2D eigenvalue weighted by Crippen LogP contribution is -2.37. The van der Waals surface area contributed by atoms with Gasteiger partial charge in [0, 0.05) is 19.5 Å². The summed E-state index contributed by atoms with van der Waals surface area (Å²) in [4.78, 5) is 30.6. The van der Waals surface area contributed by atoms with Gasteiger partial charge in [-0.2, -0.15) is 5.26 Å². The number of alkyl halides is 1. The number of nitrogen functional groups attached to an aromatic ring is 1. The van der Waals surface area contributed by atoms with Crippen LogP contribution in [0.1, 0.15) is 27.3 Å². The smallest absolute Gasteiger partial charge is 0.270 e. The molecule has 156 valence electrons. The van der Waals surface area contributed by atoms with Crippen LogP contribution >= 0.6 is 11.3 Å². The normalized spacial score (nSPS) is 18.2. The standard InChI is InChI=1S/C21H18FN7OS/c22-12-4-6-28(11-12)18-10-25-16(9-26-18)20-27-15-5-7-29(21(30)19(15)31-20)17-3-1-2-14(24)13(17)8-23/h1-3,9-10,12H,4-7,11,24H2/t12-/m1/s1. The van der Waals surface area contributed by atoms with Crippen molar-refractivity contribution in [3.63, 3.8) is 0 Å². The molecule has 2 N–H and O–H groups in total. The molecule has 0 saturated carbocycles. The minimum atomic E-state index is -0.831. The van der Waals surface area contributed by atoms with Crippen molar-refractivity contribution in [2.24, 2.45) is 0 Å². The Hall–Kier alpha value is -3.58. The molecule has 1 aromatic carbocycles. The Morgan fingerprint density at radius 3 is 2.84 bits per heavy atom. The van der Waals surface area contributed by atoms with E-state index in [9.17, 15) is 14.4 Å². The SMILES string of the molecule is N#Cc1c(N)cccc1N1CCc2nc(-c3cnc(N4CC[C@@H](F)C4)cn3)sc2C1=O. The molecule has 0 radical (unpaired) electrons. The van der Waals surface area contributed by atoms with Gasteiger partial charge < -0.3 is 15.5 Å². The van der Waals surface area contributed by atoms with Crippen molar-refractivity contribution >= 4 is 34.4 Å². The van der Waals surface area contributed by atoms with Crippen LogP contribution in [0, 0.1) is 11.3 Å².